The summed E-state index contributed by atoms with van der Waals surface area (Å²) in [7, 11) is 1.33. The third-order valence-electron chi connectivity index (χ3n) is 4.67. The molecule has 1 atom stereocenters. The summed E-state index contributed by atoms with van der Waals surface area (Å²) < 4.78 is 4.70. The fourth-order valence-corrected chi connectivity index (χ4v) is 3.16. The zero-order valence-corrected chi connectivity index (χ0v) is 17.8. The predicted octanol–water partition coefficient (Wildman–Crippen LogP) is 3.60. The van der Waals surface area contributed by atoms with Crippen LogP contribution >= 0.6 is 0 Å². The number of nitrogens with zero attached hydrogens (tertiary/aromatic N) is 1. The van der Waals surface area contributed by atoms with Crippen LogP contribution in [0.3, 0.4) is 0 Å². The Bertz CT molecular complexity index is 822. The first-order valence-corrected chi connectivity index (χ1v) is 10.2. The number of ether oxygens (including phenoxy) is 1. The Morgan fingerprint density at radius 3 is 2.13 bits per heavy atom. The fraction of sp³-hybridized carbons (Fsp3) is 0.375. The summed E-state index contributed by atoms with van der Waals surface area (Å²) in [6.45, 7) is 4.86. The number of hydrogen-bond acceptors (Lipinski definition) is 4. The topological polar surface area (TPSA) is 75.7 Å². The van der Waals surface area contributed by atoms with Crippen LogP contribution in [0.4, 0.5) is 0 Å². The van der Waals surface area contributed by atoms with E-state index in [0.29, 0.717) is 12.1 Å². The molecule has 1 unspecified atom stereocenters. The lowest BCUT2D eigenvalue weighted by Gasteiger charge is -2.27. The molecule has 0 fully saturated rings. The SMILES string of the molecule is COC(=O)CCN(CC(C)C)C(=O)CC(NC(=O)c1ccccc1)c1ccccc1. The molecule has 0 aliphatic carbocycles. The standard InChI is InChI=1S/C24H30N2O4/c1-18(2)17-26(15-14-23(28)30-3)22(27)16-21(19-10-6-4-7-11-19)25-24(29)20-12-8-5-9-13-20/h4-13,18,21H,14-17H2,1-3H3,(H,25,29). The van der Waals surface area contributed by atoms with Crippen molar-refractivity contribution in [3.8, 4) is 0 Å². The van der Waals surface area contributed by atoms with E-state index in [2.05, 4.69) is 5.32 Å². The number of esters is 1. The molecule has 0 spiro atoms. The highest BCUT2D eigenvalue weighted by molar-refractivity contribution is 5.94. The summed E-state index contributed by atoms with van der Waals surface area (Å²) in [5, 5.41) is 2.99. The first-order valence-electron chi connectivity index (χ1n) is 10.2. The van der Waals surface area contributed by atoms with Gasteiger partial charge >= 0.3 is 5.97 Å². The van der Waals surface area contributed by atoms with Gasteiger partial charge in [-0.05, 0) is 23.6 Å². The smallest absolute Gasteiger partial charge is 0.307 e. The number of carbonyl (C=O) groups is 3. The molecule has 2 amide bonds. The summed E-state index contributed by atoms with van der Waals surface area (Å²) in [6, 6.07) is 17.9. The van der Waals surface area contributed by atoms with Gasteiger partial charge in [-0.2, -0.15) is 0 Å². The van der Waals surface area contributed by atoms with E-state index >= 15 is 0 Å². The van der Waals surface area contributed by atoms with Crippen molar-refractivity contribution < 1.29 is 19.1 Å². The van der Waals surface area contributed by atoms with Crippen molar-refractivity contribution >= 4 is 17.8 Å². The molecule has 0 saturated carbocycles. The minimum Gasteiger partial charge on any atom is -0.469 e. The lowest BCUT2D eigenvalue weighted by molar-refractivity contribution is -0.142. The largest absolute Gasteiger partial charge is 0.469 e. The van der Waals surface area contributed by atoms with Crippen LogP contribution < -0.4 is 5.32 Å². The van der Waals surface area contributed by atoms with Crippen molar-refractivity contribution in [1.82, 2.24) is 10.2 Å². The number of amides is 2. The summed E-state index contributed by atoms with van der Waals surface area (Å²) in [5.74, 6) is -0.453. The van der Waals surface area contributed by atoms with Crippen LogP contribution in [0.25, 0.3) is 0 Å². The first kappa shape index (κ1) is 23.1. The number of methoxy groups -OCH3 is 1. The maximum atomic E-state index is 13.1. The van der Waals surface area contributed by atoms with Gasteiger partial charge in [-0.1, -0.05) is 62.4 Å². The zero-order valence-electron chi connectivity index (χ0n) is 17.8. The third-order valence-corrected chi connectivity index (χ3v) is 4.67. The minimum absolute atomic E-state index is 0.108. The Balaban J connectivity index is 2.17. The van der Waals surface area contributed by atoms with Crippen LogP contribution in [0, 0.1) is 5.92 Å². The maximum Gasteiger partial charge on any atom is 0.307 e. The highest BCUT2D eigenvalue weighted by Crippen LogP contribution is 2.19. The third kappa shape index (κ3) is 7.35. The average Bonchev–Trinajstić information content (AvgIpc) is 2.76. The molecule has 30 heavy (non-hydrogen) atoms. The van der Waals surface area contributed by atoms with Gasteiger partial charge < -0.3 is 15.0 Å². The molecule has 0 aliphatic rings. The van der Waals surface area contributed by atoms with Gasteiger partial charge in [-0.15, -0.1) is 0 Å². The molecule has 0 bridgehead atoms. The quantitative estimate of drug-likeness (QED) is 0.607. The van der Waals surface area contributed by atoms with Gasteiger partial charge in [0.15, 0.2) is 0 Å². The Labute approximate surface area is 178 Å². The van der Waals surface area contributed by atoms with Crippen molar-refractivity contribution in [2.24, 2.45) is 5.92 Å². The second-order valence-corrected chi connectivity index (χ2v) is 7.57. The molecule has 160 valence electrons. The maximum absolute atomic E-state index is 13.1. The highest BCUT2D eigenvalue weighted by atomic mass is 16.5. The van der Waals surface area contributed by atoms with Gasteiger partial charge in [-0.25, -0.2) is 0 Å². The number of carbonyl (C=O) groups excluding carboxylic acids is 3. The number of nitrogens with one attached hydrogen (secondary N) is 1. The van der Waals surface area contributed by atoms with Crippen LogP contribution in [0.2, 0.25) is 0 Å². The molecule has 1 N–H and O–H groups in total. The van der Waals surface area contributed by atoms with Crippen LogP contribution in [-0.4, -0.2) is 42.9 Å². The molecule has 0 radical (unpaired) electrons. The lowest BCUT2D eigenvalue weighted by atomic mass is 10.0. The van der Waals surface area contributed by atoms with Crippen LogP contribution in [-0.2, 0) is 14.3 Å². The van der Waals surface area contributed by atoms with Crippen molar-refractivity contribution in [2.45, 2.75) is 32.7 Å². The molecule has 6 heteroatoms. The molecule has 2 aromatic rings. The van der Waals surface area contributed by atoms with Crippen molar-refractivity contribution in [3.63, 3.8) is 0 Å². The van der Waals surface area contributed by atoms with Gasteiger partial charge in [0.25, 0.3) is 5.91 Å². The van der Waals surface area contributed by atoms with Gasteiger partial charge in [0, 0.05) is 18.7 Å². The lowest BCUT2D eigenvalue weighted by Crippen LogP contribution is -2.39. The minimum atomic E-state index is -0.473. The second-order valence-electron chi connectivity index (χ2n) is 7.57. The Kier molecular flexibility index (Phi) is 9.06. The molecule has 0 saturated heterocycles. The van der Waals surface area contributed by atoms with Gasteiger partial charge in [0.1, 0.15) is 0 Å². The summed E-state index contributed by atoms with van der Waals surface area (Å²) >= 11 is 0. The Morgan fingerprint density at radius 1 is 0.967 bits per heavy atom. The Morgan fingerprint density at radius 2 is 1.57 bits per heavy atom. The predicted molar refractivity (Wildman–Crippen MR) is 116 cm³/mol. The molecule has 0 aliphatic heterocycles. The molecule has 2 aromatic carbocycles. The van der Waals surface area contributed by atoms with Gasteiger partial charge in [-0.3, -0.25) is 14.4 Å². The van der Waals surface area contributed by atoms with Crippen molar-refractivity contribution in [1.29, 1.82) is 0 Å². The highest BCUT2D eigenvalue weighted by Gasteiger charge is 2.23. The average molecular weight is 411 g/mol. The molecule has 6 nitrogen and oxygen atoms in total. The zero-order chi connectivity index (χ0) is 21.9. The monoisotopic (exact) mass is 410 g/mol. The van der Waals surface area contributed by atoms with E-state index in [0.717, 1.165) is 5.56 Å². The summed E-state index contributed by atoms with van der Waals surface area (Å²) in [5.41, 5.74) is 1.39. The number of rotatable bonds is 10. The number of hydrogen-bond donors (Lipinski definition) is 1. The van der Waals surface area contributed by atoms with E-state index in [1.807, 2.05) is 50.2 Å². The van der Waals surface area contributed by atoms with E-state index in [1.165, 1.54) is 7.11 Å². The summed E-state index contributed by atoms with van der Waals surface area (Å²) in [6.07, 6.45) is 0.248. The Hall–Kier alpha value is -3.15. The van der Waals surface area contributed by atoms with Gasteiger partial charge in [0.05, 0.1) is 26.0 Å². The van der Waals surface area contributed by atoms with Gasteiger partial charge in [0.2, 0.25) is 5.91 Å². The van der Waals surface area contributed by atoms with E-state index in [1.54, 1.807) is 29.2 Å². The van der Waals surface area contributed by atoms with Crippen molar-refractivity contribution in [2.75, 3.05) is 20.2 Å². The van der Waals surface area contributed by atoms with Crippen LogP contribution in [0.1, 0.15) is 48.7 Å². The molecular formula is C24H30N2O4. The molecule has 2 rings (SSSR count). The second kappa shape index (κ2) is 11.8. The summed E-state index contributed by atoms with van der Waals surface area (Å²) in [4.78, 5) is 39.0. The fourth-order valence-electron chi connectivity index (χ4n) is 3.16. The van der Waals surface area contributed by atoms with Crippen LogP contribution in [0.15, 0.2) is 60.7 Å². The van der Waals surface area contributed by atoms with Crippen molar-refractivity contribution in [3.05, 3.63) is 71.8 Å². The molecular weight excluding hydrogens is 380 g/mol. The van der Waals surface area contributed by atoms with E-state index < -0.39 is 6.04 Å². The normalized spacial score (nSPS) is 11.6. The molecule has 0 aromatic heterocycles. The van der Waals surface area contributed by atoms with E-state index in [4.69, 9.17) is 4.74 Å². The first-order chi connectivity index (χ1) is 14.4. The van der Waals surface area contributed by atoms with E-state index in [-0.39, 0.29) is 43.1 Å². The van der Waals surface area contributed by atoms with Crippen LogP contribution in [0.5, 0.6) is 0 Å². The molecule has 0 heterocycles. The number of benzene rings is 2. The van der Waals surface area contributed by atoms with E-state index in [9.17, 15) is 14.4 Å².